The summed E-state index contributed by atoms with van der Waals surface area (Å²) in [7, 11) is 1.74. The van der Waals surface area contributed by atoms with E-state index in [9.17, 15) is 19.3 Å². The number of nitrogens with one attached hydrogen (secondary N) is 1. The van der Waals surface area contributed by atoms with Gasteiger partial charge in [-0.05, 0) is 6.07 Å². The molecule has 0 saturated carbocycles. The van der Waals surface area contributed by atoms with E-state index in [0.717, 1.165) is 30.0 Å². The Morgan fingerprint density at radius 2 is 2.24 bits per heavy atom. The van der Waals surface area contributed by atoms with Gasteiger partial charge in [0.05, 0.1) is 27.9 Å². The van der Waals surface area contributed by atoms with Crippen molar-refractivity contribution < 1.29 is 14.1 Å². The number of hydrogen-bond acceptors (Lipinski definition) is 7. The van der Waals surface area contributed by atoms with Crippen molar-refractivity contribution in [2.45, 2.75) is 5.03 Å². The van der Waals surface area contributed by atoms with Crippen molar-refractivity contribution in [2.24, 2.45) is 7.05 Å². The van der Waals surface area contributed by atoms with E-state index in [4.69, 9.17) is 0 Å². The average Bonchev–Trinajstić information content (AvgIpc) is 2.97. The Bertz CT molecular complexity index is 976. The molecule has 128 valence electrons. The van der Waals surface area contributed by atoms with E-state index in [1.54, 1.807) is 17.9 Å². The zero-order valence-corrected chi connectivity index (χ0v) is 13.7. The lowest BCUT2D eigenvalue weighted by Gasteiger charge is -2.06. The van der Waals surface area contributed by atoms with E-state index in [0.29, 0.717) is 16.1 Å². The highest BCUT2D eigenvalue weighted by molar-refractivity contribution is 8.00. The molecule has 0 aliphatic rings. The largest absolute Gasteiger partial charge is 0.323 e. The van der Waals surface area contributed by atoms with Crippen LogP contribution in [0.5, 0.6) is 0 Å². The van der Waals surface area contributed by atoms with E-state index in [1.807, 2.05) is 0 Å². The summed E-state index contributed by atoms with van der Waals surface area (Å²) in [5.41, 5.74) is 0.0777. The van der Waals surface area contributed by atoms with E-state index in [-0.39, 0.29) is 17.1 Å². The second kappa shape index (κ2) is 6.81. The molecule has 0 spiro atoms. The fraction of sp³-hybridized carbons (Fsp3) is 0.143. The maximum Gasteiger partial charge on any atom is 0.271 e. The highest BCUT2D eigenvalue weighted by Gasteiger charge is 2.15. The number of carbonyl (C=O) groups is 1. The number of nitro groups is 1. The molecule has 0 aliphatic carbocycles. The van der Waals surface area contributed by atoms with Gasteiger partial charge in [-0.1, -0.05) is 11.8 Å². The Kier molecular flexibility index (Phi) is 4.57. The van der Waals surface area contributed by atoms with E-state index >= 15 is 0 Å². The van der Waals surface area contributed by atoms with Crippen molar-refractivity contribution in [3.63, 3.8) is 0 Å². The van der Waals surface area contributed by atoms with Crippen LogP contribution < -0.4 is 5.32 Å². The molecule has 0 aliphatic heterocycles. The lowest BCUT2D eigenvalue weighted by Crippen LogP contribution is -2.15. The first kappa shape index (κ1) is 16.8. The predicted molar refractivity (Wildman–Crippen MR) is 88.7 cm³/mol. The number of thioether (sulfide) groups is 1. The van der Waals surface area contributed by atoms with Crippen molar-refractivity contribution in [3.8, 4) is 0 Å². The third-order valence-electron chi connectivity index (χ3n) is 3.27. The van der Waals surface area contributed by atoms with Gasteiger partial charge in [0.2, 0.25) is 5.91 Å². The second-order valence-corrected chi connectivity index (χ2v) is 5.91. The molecule has 2 heterocycles. The molecular formula is C14H11FN6O3S. The molecule has 1 amide bonds. The Balaban J connectivity index is 1.71. The normalized spacial score (nSPS) is 10.8. The van der Waals surface area contributed by atoms with Crippen LogP contribution in [0.3, 0.4) is 0 Å². The minimum absolute atomic E-state index is 0.0524. The monoisotopic (exact) mass is 362 g/mol. The SMILES string of the molecule is Cn1ncc2c(SCC(=O)Nc3cc([N+](=O)[O-])ccc3F)ncnc21. The van der Waals surface area contributed by atoms with Crippen LogP contribution in [0.4, 0.5) is 15.8 Å². The fourth-order valence-electron chi connectivity index (χ4n) is 2.10. The highest BCUT2D eigenvalue weighted by atomic mass is 32.2. The van der Waals surface area contributed by atoms with Crippen molar-refractivity contribution >= 4 is 40.1 Å². The summed E-state index contributed by atoms with van der Waals surface area (Å²) < 4.78 is 15.3. The van der Waals surface area contributed by atoms with Crippen LogP contribution in [0.1, 0.15) is 0 Å². The Morgan fingerprint density at radius 3 is 3.00 bits per heavy atom. The zero-order chi connectivity index (χ0) is 18.0. The van der Waals surface area contributed by atoms with Crippen LogP contribution in [0, 0.1) is 15.9 Å². The quantitative estimate of drug-likeness (QED) is 0.320. The van der Waals surface area contributed by atoms with Crippen molar-refractivity contribution in [1.82, 2.24) is 19.7 Å². The standard InChI is InChI=1S/C14H11FN6O3S/c1-20-13-9(5-18-20)14(17-7-16-13)25-6-12(22)19-11-4-8(21(23)24)2-3-10(11)15/h2-5,7H,6H2,1H3,(H,19,22). The van der Waals surface area contributed by atoms with Gasteiger partial charge in [-0.15, -0.1) is 0 Å². The predicted octanol–water partition coefficient (Wildman–Crippen LogP) is 2.14. The van der Waals surface area contributed by atoms with E-state index in [1.165, 1.54) is 6.33 Å². The number of amides is 1. The first-order valence-electron chi connectivity index (χ1n) is 6.95. The molecule has 0 fully saturated rings. The van der Waals surface area contributed by atoms with Gasteiger partial charge in [-0.3, -0.25) is 19.6 Å². The number of aromatic nitrogens is 4. The zero-order valence-electron chi connectivity index (χ0n) is 12.8. The van der Waals surface area contributed by atoms with Crippen LogP contribution in [0.25, 0.3) is 11.0 Å². The Hall–Kier alpha value is -3.08. The van der Waals surface area contributed by atoms with Crippen LogP contribution in [0.2, 0.25) is 0 Å². The van der Waals surface area contributed by atoms with Gasteiger partial charge in [-0.2, -0.15) is 5.10 Å². The smallest absolute Gasteiger partial charge is 0.271 e. The summed E-state index contributed by atoms with van der Waals surface area (Å²) in [6.07, 6.45) is 2.96. The van der Waals surface area contributed by atoms with Gasteiger partial charge in [0, 0.05) is 19.2 Å². The molecule has 9 nitrogen and oxygen atoms in total. The molecule has 11 heteroatoms. The molecule has 0 unspecified atom stereocenters. The Morgan fingerprint density at radius 1 is 1.44 bits per heavy atom. The van der Waals surface area contributed by atoms with Crippen LogP contribution in [-0.2, 0) is 11.8 Å². The molecule has 0 saturated heterocycles. The highest BCUT2D eigenvalue weighted by Crippen LogP contribution is 2.25. The fourth-order valence-corrected chi connectivity index (χ4v) is 2.86. The van der Waals surface area contributed by atoms with Gasteiger partial charge in [0.15, 0.2) is 5.65 Å². The topological polar surface area (TPSA) is 116 Å². The molecule has 2 aromatic heterocycles. The molecule has 0 atom stereocenters. The molecule has 25 heavy (non-hydrogen) atoms. The van der Waals surface area contributed by atoms with Gasteiger partial charge >= 0.3 is 0 Å². The number of nitrogens with zero attached hydrogens (tertiary/aromatic N) is 5. The summed E-state index contributed by atoms with van der Waals surface area (Å²) in [6.45, 7) is 0. The van der Waals surface area contributed by atoms with Crippen LogP contribution in [-0.4, -0.2) is 36.3 Å². The number of halogens is 1. The number of anilines is 1. The number of nitro benzene ring substituents is 1. The first-order chi connectivity index (χ1) is 12.0. The number of carbonyl (C=O) groups excluding carboxylic acids is 1. The summed E-state index contributed by atoms with van der Waals surface area (Å²) >= 11 is 1.13. The maximum atomic E-state index is 13.7. The number of hydrogen-bond donors (Lipinski definition) is 1. The maximum absolute atomic E-state index is 13.7. The number of aryl methyl sites for hydroxylation is 1. The third kappa shape index (κ3) is 3.55. The van der Waals surface area contributed by atoms with Crippen molar-refractivity contribution in [3.05, 3.63) is 46.7 Å². The average molecular weight is 362 g/mol. The Labute approximate surface area is 144 Å². The molecule has 0 bridgehead atoms. The number of rotatable bonds is 5. The number of fused-ring (bicyclic) bond motifs is 1. The molecule has 3 rings (SSSR count). The van der Waals surface area contributed by atoms with Crippen LogP contribution >= 0.6 is 11.8 Å². The first-order valence-corrected chi connectivity index (χ1v) is 7.93. The van der Waals surface area contributed by atoms with Gasteiger partial charge in [-0.25, -0.2) is 14.4 Å². The van der Waals surface area contributed by atoms with Gasteiger partial charge in [0.25, 0.3) is 5.69 Å². The van der Waals surface area contributed by atoms with Crippen LogP contribution in [0.15, 0.2) is 35.7 Å². The molecule has 1 N–H and O–H groups in total. The molecule has 3 aromatic rings. The lowest BCUT2D eigenvalue weighted by molar-refractivity contribution is -0.384. The summed E-state index contributed by atoms with van der Waals surface area (Å²) in [6, 6.07) is 2.94. The second-order valence-electron chi connectivity index (χ2n) is 4.94. The third-order valence-corrected chi connectivity index (χ3v) is 4.27. The van der Waals surface area contributed by atoms with Crippen molar-refractivity contribution in [1.29, 1.82) is 0 Å². The summed E-state index contributed by atoms with van der Waals surface area (Å²) in [4.78, 5) is 30.3. The van der Waals surface area contributed by atoms with Gasteiger partial charge in [0.1, 0.15) is 17.2 Å². The summed E-state index contributed by atoms with van der Waals surface area (Å²) in [5.74, 6) is -1.32. The van der Waals surface area contributed by atoms with E-state index < -0.39 is 16.6 Å². The number of non-ortho nitro benzene ring substituents is 1. The minimum Gasteiger partial charge on any atom is -0.323 e. The summed E-state index contributed by atoms with van der Waals surface area (Å²) in [5, 5.41) is 18.4. The van der Waals surface area contributed by atoms with Crippen molar-refractivity contribution in [2.75, 3.05) is 11.1 Å². The molecule has 1 aromatic carbocycles. The van der Waals surface area contributed by atoms with Gasteiger partial charge < -0.3 is 5.32 Å². The molecule has 0 radical (unpaired) electrons. The number of benzene rings is 1. The lowest BCUT2D eigenvalue weighted by atomic mass is 10.2. The molecular weight excluding hydrogens is 351 g/mol. The minimum atomic E-state index is -0.749. The van der Waals surface area contributed by atoms with E-state index in [2.05, 4.69) is 20.4 Å².